The zero-order valence-electron chi connectivity index (χ0n) is 10.4. The molecule has 0 aliphatic carbocycles. The lowest BCUT2D eigenvalue weighted by Crippen LogP contribution is -2.15. The molecule has 0 unspecified atom stereocenters. The Balaban J connectivity index is 2.35. The average molecular weight is 278 g/mol. The van der Waals surface area contributed by atoms with E-state index in [0.717, 1.165) is 6.07 Å². The molecular weight excluding hydrogens is 269 g/mol. The summed E-state index contributed by atoms with van der Waals surface area (Å²) >= 11 is 0. The topological polar surface area (TPSA) is 52.8 Å². The number of nitrogens with zero attached hydrogens (tertiary/aromatic N) is 4. The van der Waals surface area contributed by atoms with E-state index in [4.69, 9.17) is 5.26 Å². The van der Waals surface area contributed by atoms with Crippen molar-refractivity contribution in [2.45, 2.75) is 6.18 Å². The van der Waals surface area contributed by atoms with Crippen molar-refractivity contribution in [3.8, 4) is 6.07 Å². The highest BCUT2D eigenvalue weighted by Crippen LogP contribution is 2.29. The van der Waals surface area contributed by atoms with Gasteiger partial charge in [0.25, 0.3) is 0 Å². The van der Waals surface area contributed by atoms with Crippen LogP contribution in [0, 0.1) is 11.3 Å². The summed E-state index contributed by atoms with van der Waals surface area (Å²) in [6, 6.07) is 10.8. The van der Waals surface area contributed by atoms with Gasteiger partial charge < -0.3 is 4.90 Å². The molecule has 0 aliphatic rings. The minimum Gasteiger partial charge on any atom is -0.327 e. The van der Waals surface area contributed by atoms with Crippen LogP contribution in [0.15, 0.2) is 36.4 Å². The summed E-state index contributed by atoms with van der Waals surface area (Å²) in [5.41, 5.74) is -0.107. The molecule has 0 bridgehead atoms. The van der Waals surface area contributed by atoms with Gasteiger partial charge in [-0.3, -0.25) is 0 Å². The Kier molecular flexibility index (Phi) is 3.57. The van der Waals surface area contributed by atoms with Gasteiger partial charge in [0.15, 0.2) is 11.5 Å². The number of para-hydroxylation sites is 1. The number of nitriles is 1. The first-order chi connectivity index (χ1) is 9.43. The van der Waals surface area contributed by atoms with Crippen LogP contribution >= 0.6 is 0 Å². The molecule has 102 valence electrons. The summed E-state index contributed by atoms with van der Waals surface area (Å²) in [5, 5.41) is 15.7. The van der Waals surface area contributed by atoms with Gasteiger partial charge in [-0.25, -0.2) is 0 Å². The predicted octanol–water partition coefficient (Wildman–Crippen LogP) is 3.13. The van der Waals surface area contributed by atoms with Gasteiger partial charge in [-0.15, -0.1) is 10.2 Å². The van der Waals surface area contributed by atoms with Crippen LogP contribution in [0.4, 0.5) is 24.7 Å². The maximum absolute atomic E-state index is 12.4. The van der Waals surface area contributed by atoms with E-state index in [-0.39, 0.29) is 5.82 Å². The summed E-state index contributed by atoms with van der Waals surface area (Å²) in [5.74, 6) is 0.223. The third-order valence-electron chi connectivity index (χ3n) is 2.67. The van der Waals surface area contributed by atoms with Gasteiger partial charge in [-0.1, -0.05) is 12.1 Å². The molecule has 0 spiro atoms. The molecular formula is C13H9F3N4. The predicted molar refractivity (Wildman–Crippen MR) is 66.3 cm³/mol. The molecule has 2 aromatic rings. The first-order valence-corrected chi connectivity index (χ1v) is 5.57. The number of aromatic nitrogens is 2. The quantitative estimate of drug-likeness (QED) is 0.846. The van der Waals surface area contributed by atoms with Gasteiger partial charge in [0, 0.05) is 7.05 Å². The summed E-state index contributed by atoms with van der Waals surface area (Å²) in [7, 11) is 1.60. The van der Waals surface area contributed by atoms with Gasteiger partial charge in [-0.05, 0) is 24.3 Å². The molecule has 1 aromatic heterocycles. The number of halogens is 3. The highest BCUT2D eigenvalue weighted by Gasteiger charge is 2.33. The van der Waals surface area contributed by atoms with E-state index in [2.05, 4.69) is 10.2 Å². The van der Waals surface area contributed by atoms with Crippen molar-refractivity contribution in [3.05, 3.63) is 47.7 Å². The SMILES string of the molecule is CN(c1ccc(C(F)(F)F)nn1)c1ccccc1C#N. The molecule has 7 heteroatoms. The third-order valence-corrected chi connectivity index (χ3v) is 2.67. The van der Waals surface area contributed by atoms with Crippen molar-refractivity contribution in [1.82, 2.24) is 10.2 Å². The number of alkyl halides is 3. The first kappa shape index (κ1) is 13.8. The lowest BCUT2D eigenvalue weighted by atomic mass is 10.2. The third kappa shape index (κ3) is 2.69. The molecule has 1 aromatic carbocycles. The van der Waals surface area contributed by atoms with Gasteiger partial charge in [0.05, 0.1) is 11.3 Å². The van der Waals surface area contributed by atoms with Crippen LogP contribution in [0.2, 0.25) is 0 Å². The smallest absolute Gasteiger partial charge is 0.327 e. The van der Waals surface area contributed by atoms with Crippen LogP contribution in [0.5, 0.6) is 0 Å². The van der Waals surface area contributed by atoms with Gasteiger partial charge in [0.1, 0.15) is 6.07 Å². The summed E-state index contributed by atoms with van der Waals surface area (Å²) < 4.78 is 37.2. The van der Waals surface area contributed by atoms with Crippen LogP contribution < -0.4 is 4.90 Å². The Morgan fingerprint density at radius 2 is 1.80 bits per heavy atom. The molecule has 2 rings (SSSR count). The summed E-state index contributed by atoms with van der Waals surface area (Å²) in [6.45, 7) is 0. The van der Waals surface area contributed by atoms with Gasteiger partial charge >= 0.3 is 6.18 Å². The van der Waals surface area contributed by atoms with Crippen molar-refractivity contribution < 1.29 is 13.2 Å². The number of hydrogen-bond acceptors (Lipinski definition) is 4. The Morgan fingerprint density at radius 3 is 2.35 bits per heavy atom. The minimum atomic E-state index is -4.52. The van der Waals surface area contributed by atoms with Crippen LogP contribution in [0.1, 0.15) is 11.3 Å². The summed E-state index contributed by atoms with van der Waals surface area (Å²) in [6.07, 6.45) is -4.52. The standard InChI is InChI=1S/C13H9F3N4/c1-20(10-5-3-2-4-9(10)8-17)12-7-6-11(18-19-12)13(14,15)16/h2-7H,1H3. The van der Waals surface area contributed by atoms with E-state index in [0.29, 0.717) is 11.3 Å². The van der Waals surface area contributed by atoms with E-state index >= 15 is 0 Å². The van der Waals surface area contributed by atoms with Gasteiger partial charge in [-0.2, -0.15) is 18.4 Å². The van der Waals surface area contributed by atoms with Gasteiger partial charge in [0.2, 0.25) is 0 Å². The van der Waals surface area contributed by atoms with E-state index < -0.39 is 11.9 Å². The molecule has 1 heterocycles. The fraction of sp³-hybridized carbons (Fsp3) is 0.154. The van der Waals surface area contributed by atoms with Crippen molar-refractivity contribution in [1.29, 1.82) is 5.26 Å². The molecule has 0 atom stereocenters. The van der Waals surface area contributed by atoms with E-state index in [1.807, 2.05) is 6.07 Å². The Bertz CT molecular complexity index is 644. The van der Waals surface area contributed by atoms with E-state index in [1.165, 1.54) is 11.0 Å². The minimum absolute atomic E-state index is 0.223. The maximum atomic E-state index is 12.4. The van der Waals surface area contributed by atoms with Crippen LogP contribution in [0.3, 0.4) is 0 Å². The fourth-order valence-electron chi connectivity index (χ4n) is 1.64. The first-order valence-electron chi connectivity index (χ1n) is 5.57. The van der Waals surface area contributed by atoms with Crippen molar-refractivity contribution >= 4 is 11.5 Å². The fourth-order valence-corrected chi connectivity index (χ4v) is 1.64. The number of benzene rings is 1. The highest BCUT2D eigenvalue weighted by molar-refractivity contribution is 5.66. The molecule has 20 heavy (non-hydrogen) atoms. The average Bonchev–Trinajstić information content (AvgIpc) is 2.45. The Labute approximate surface area is 113 Å². The molecule has 0 fully saturated rings. The maximum Gasteiger partial charge on any atom is 0.435 e. The highest BCUT2D eigenvalue weighted by atomic mass is 19.4. The second-order valence-electron chi connectivity index (χ2n) is 3.96. The second kappa shape index (κ2) is 5.17. The van der Waals surface area contributed by atoms with Crippen LogP contribution in [-0.2, 0) is 6.18 Å². The zero-order valence-corrected chi connectivity index (χ0v) is 10.4. The lowest BCUT2D eigenvalue weighted by molar-refractivity contribution is -0.141. The second-order valence-corrected chi connectivity index (χ2v) is 3.96. The van der Waals surface area contributed by atoms with Crippen LogP contribution in [0.25, 0.3) is 0 Å². The molecule has 0 saturated heterocycles. The number of rotatable bonds is 2. The van der Waals surface area contributed by atoms with E-state index in [1.54, 1.807) is 31.3 Å². The summed E-state index contributed by atoms with van der Waals surface area (Å²) in [4.78, 5) is 1.51. The van der Waals surface area contributed by atoms with Crippen LogP contribution in [-0.4, -0.2) is 17.2 Å². The Hall–Kier alpha value is -2.62. The monoisotopic (exact) mass is 278 g/mol. The molecule has 0 N–H and O–H groups in total. The largest absolute Gasteiger partial charge is 0.435 e. The molecule has 0 amide bonds. The van der Waals surface area contributed by atoms with Crippen molar-refractivity contribution in [2.75, 3.05) is 11.9 Å². The molecule has 0 radical (unpaired) electrons. The van der Waals surface area contributed by atoms with Crippen molar-refractivity contribution in [2.24, 2.45) is 0 Å². The normalized spacial score (nSPS) is 10.9. The number of anilines is 2. The number of hydrogen-bond donors (Lipinski definition) is 0. The zero-order chi connectivity index (χ0) is 14.8. The molecule has 0 aliphatic heterocycles. The van der Waals surface area contributed by atoms with E-state index in [9.17, 15) is 13.2 Å². The Morgan fingerprint density at radius 1 is 1.10 bits per heavy atom. The molecule has 4 nitrogen and oxygen atoms in total. The van der Waals surface area contributed by atoms with Crippen molar-refractivity contribution in [3.63, 3.8) is 0 Å². The molecule has 0 saturated carbocycles. The lowest BCUT2D eigenvalue weighted by Gasteiger charge is -2.19.